The molecule has 0 aliphatic rings. The van der Waals surface area contributed by atoms with E-state index in [0.717, 1.165) is 12.8 Å². The molecule has 86 valence electrons. The van der Waals surface area contributed by atoms with Crippen molar-refractivity contribution in [3.8, 4) is 6.07 Å². The third kappa shape index (κ3) is 2.52. The van der Waals surface area contributed by atoms with Gasteiger partial charge in [-0.2, -0.15) is 5.26 Å². The van der Waals surface area contributed by atoms with Gasteiger partial charge in [-0.05, 0) is 31.0 Å². The van der Waals surface area contributed by atoms with E-state index in [2.05, 4.69) is 13.8 Å². The van der Waals surface area contributed by atoms with E-state index in [4.69, 9.17) is 5.26 Å². The molecule has 0 aliphatic heterocycles. The molecule has 0 aromatic heterocycles. The van der Waals surface area contributed by atoms with Crippen LogP contribution in [0.1, 0.15) is 32.3 Å². The van der Waals surface area contributed by atoms with Crippen LogP contribution in [-0.4, -0.2) is 13.1 Å². The third-order valence-electron chi connectivity index (χ3n) is 2.95. The van der Waals surface area contributed by atoms with Gasteiger partial charge in [0.1, 0.15) is 5.82 Å². The molecule has 0 aliphatic carbocycles. The molecule has 0 fully saturated rings. The molecular weight excluding hydrogens is 203 g/mol. The van der Waals surface area contributed by atoms with Crippen LogP contribution < -0.4 is 4.90 Å². The third-order valence-corrected chi connectivity index (χ3v) is 2.95. The molecule has 0 amide bonds. The molecule has 1 rings (SSSR count). The van der Waals surface area contributed by atoms with Crippen molar-refractivity contribution in [1.29, 1.82) is 5.26 Å². The van der Waals surface area contributed by atoms with Gasteiger partial charge in [-0.3, -0.25) is 0 Å². The van der Waals surface area contributed by atoms with E-state index >= 15 is 0 Å². The van der Waals surface area contributed by atoms with Crippen molar-refractivity contribution < 1.29 is 4.39 Å². The number of nitrogens with zero attached hydrogens (tertiary/aromatic N) is 2. The van der Waals surface area contributed by atoms with Crippen LogP contribution >= 0.6 is 0 Å². The summed E-state index contributed by atoms with van der Waals surface area (Å²) in [5.74, 6) is -0.326. The van der Waals surface area contributed by atoms with E-state index in [9.17, 15) is 4.39 Å². The highest BCUT2D eigenvalue weighted by Crippen LogP contribution is 2.23. The van der Waals surface area contributed by atoms with Crippen molar-refractivity contribution in [2.45, 2.75) is 32.7 Å². The summed E-state index contributed by atoms with van der Waals surface area (Å²) >= 11 is 0. The first-order valence-corrected chi connectivity index (χ1v) is 5.56. The second kappa shape index (κ2) is 5.50. The summed E-state index contributed by atoms with van der Waals surface area (Å²) in [6.45, 7) is 4.18. The molecule has 0 spiro atoms. The number of nitriles is 1. The Kier molecular flexibility index (Phi) is 4.30. The van der Waals surface area contributed by atoms with Gasteiger partial charge in [0.2, 0.25) is 0 Å². The first kappa shape index (κ1) is 12.5. The van der Waals surface area contributed by atoms with Gasteiger partial charge >= 0.3 is 0 Å². The van der Waals surface area contributed by atoms with Crippen molar-refractivity contribution in [2.24, 2.45) is 0 Å². The summed E-state index contributed by atoms with van der Waals surface area (Å²) in [4.78, 5) is 1.94. The molecule has 3 heteroatoms. The fourth-order valence-electron chi connectivity index (χ4n) is 1.90. The average Bonchev–Trinajstić information content (AvgIpc) is 2.30. The van der Waals surface area contributed by atoms with E-state index in [1.54, 1.807) is 12.1 Å². The molecular formula is C13H17FN2. The maximum absolute atomic E-state index is 13.7. The summed E-state index contributed by atoms with van der Waals surface area (Å²) in [5.41, 5.74) is 0.923. The summed E-state index contributed by atoms with van der Waals surface area (Å²) in [7, 11) is 1.89. The highest BCUT2D eigenvalue weighted by molar-refractivity contribution is 5.51. The standard InChI is InChI=1S/C13H17FN2/c1-4-11(5-2)16(3)13-7-6-10(9-15)8-12(13)14/h6-8,11H,4-5H2,1-3H3. The smallest absolute Gasteiger partial charge is 0.147 e. The summed E-state index contributed by atoms with van der Waals surface area (Å²) in [6, 6.07) is 6.88. The summed E-state index contributed by atoms with van der Waals surface area (Å²) in [5, 5.41) is 8.66. The lowest BCUT2D eigenvalue weighted by atomic mass is 10.1. The van der Waals surface area contributed by atoms with E-state index in [0.29, 0.717) is 17.3 Å². The minimum Gasteiger partial charge on any atom is -0.369 e. The molecule has 16 heavy (non-hydrogen) atoms. The molecule has 1 aromatic carbocycles. The van der Waals surface area contributed by atoms with E-state index < -0.39 is 0 Å². The number of anilines is 1. The SMILES string of the molecule is CCC(CC)N(C)c1ccc(C#N)cc1F. The molecule has 2 nitrogen and oxygen atoms in total. The first-order valence-electron chi connectivity index (χ1n) is 5.56. The zero-order valence-electron chi connectivity index (χ0n) is 10.00. The zero-order valence-corrected chi connectivity index (χ0v) is 10.00. The van der Waals surface area contributed by atoms with E-state index in [1.165, 1.54) is 6.07 Å². The molecule has 1 aromatic rings. The molecule has 0 N–H and O–H groups in total. The topological polar surface area (TPSA) is 27.0 Å². The predicted octanol–water partition coefficient (Wildman–Crippen LogP) is 3.32. The van der Waals surface area contributed by atoms with Crippen LogP contribution in [0.4, 0.5) is 10.1 Å². The number of halogens is 1. The van der Waals surface area contributed by atoms with Crippen LogP contribution in [0, 0.1) is 17.1 Å². The summed E-state index contributed by atoms with van der Waals surface area (Å²) in [6.07, 6.45) is 1.96. The quantitative estimate of drug-likeness (QED) is 0.778. The fraction of sp³-hybridized carbons (Fsp3) is 0.462. The second-order valence-electron chi connectivity index (χ2n) is 3.86. The van der Waals surface area contributed by atoms with E-state index in [-0.39, 0.29) is 5.82 Å². The predicted molar refractivity (Wildman–Crippen MR) is 63.9 cm³/mol. The van der Waals surface area contributed by atoms with Crippen molar-refractivity contribution in [1.82, 2.24) is 0 Å². The van der Waals surface area contributed by atoms with Gasteiger partial charge in [-0.15, -0.1) is 0 Å². The lowest BCUT2D eigenvalue weighted by Gasteiger charge is -2.28. The van der Waals surface area contributed by atoms with Crippen molar-refractivity contribution in [3.05, 3.63) is 29.6 Å². The fourth-order valence-corrected chi connectivity index (χ4v) is 1.90. The van der Waals surface area contributed by atoms with Gasteiger partial charge in [-0.25, -0.2) is 4.39 Å². The van der Waals surface area contributed by atoms with E-state index in [1.807, 2.05) is 18.0 Å². The molecule has 0 bridgehead atoms. The lowest BCUT2D eigenvalue weighted by Crippen LogP contribution is -2.31. The molecule has 0 radical (unpaired) electrons. The van der Waals surface area contributed by atoms with Gasteiger partial charge in [0, 0.05) is 13.1 Å². The maximum atomic E-state index is 13.7. The Bertz CT molecular complexity index is 391. The summed E-state index contributed by atoms with van der Waals surface area (Å²) < 4.78 is 13.7. The van der Waals surface area contributed by atoms with Gasteiger partial charge in [0.25, 0.3) is 0 Å². The normalized spacial score (nSPS) is 10.2. The zero-order chi connectivity index (χ0) is 12.1. The highest BCUT2D eigenvalue weighted by atomic mass is 19.1. The monoisotopic (exact) mass is 220 g/mol. The van der Waals surface area contributed by atoms with Crippen molar-refractivity contribution >= 4 is 5.69 Å². The average molecular weight is 220 g/mol. The Morgan fingerprint density at radius 2 is 2.00 bits per heavy atom. The van der Waals surface area contributed by atoms with Crippen LogP contribution in [0.3, 0.4) is 0 Å². The van der Waals surface area contributed by atoms with Crippen molar-refractivity contribution in [2.75, 3.05) is 11.9 Å². The van der Waals surface area contributed by atoms with Crippen LogP contribution in [0.5, 0.6) is 0 Å². The van der Waals surface area contributed by atoms with Gasteiger partial charge in [0.15, 0.2) is 0 Å². The van der Waals surface area contributed by atoms with Crippen LogP contribution in [0.25, 0.3) is 0 Å². The Balaban J connectivity index is 3.00. The van der Waals surface area contributed by atoms with Crippen LogP contribution in [0.2, 0.25) is 0 Å². The number of hydrogen-bond donors (Lipinski definition) is 0. The minimum atomic E-state index is -0.326. The molecule has 0 saturated heterocycles. The molecule has 0 atom stereocenters. The largest absolute Gasteiger partial charge is 0.369 e. The Morgan fingerprint density at radius 1 is 1.38 bits per heavy atom. The Labute approximate surface area is 96.3 Å². The van der Waals surface area contributed by atoms with Gasteiger partial charge in [0.05, 0.1) is 17.3 Å². The maximum Gasteiger partial charge on any atom is 0.147 e. The van der Waals surface area contributed by atoms with Crippen LogP contribution in [-0.2, 0) is 0 Å². The molecule has 0 heterocycles. The Morgan fingerprint density at radius 3 is 2.44 bits per heavy atom. The first-order chi connectivity index (χ1) is 7.63. The number of rotatable bonds is 4. The Hall–Kier alpha value is -1.56. The highest BCUT2D eigenvalue weighted by Gasteiger charge is 2.14. The molecule has 0 unspecified atom stereocenters. The van der Waals surface area contributed by atoms with Crippen LogP contribution in [0.15, 0.2) is 18.2 Å². The minimum absolute atomic E-state index is 0.326. The second-order valence-corrected chi connectivity index (χ2v) is 3.86. The number of hydrogen-bond acceptors (Lipinski definition) is 2. The van der Waals surface area contributed by atoms with Gasteiger partial charge < -0.3 is 4.90 Å². The number of benzene rings is 1. The van der Waals surface area contributed by atoms with Crippen molar-refractivity contribution in [3.63, 3.8) is 0 Å². The van der Waals surface area contributed by atoms with Gasteiger partial charge in [-0.1, -0.05) is 13.8 Å². The molecule has 0 saturated carbocycles. The lowest BCUT2D eigenvalue weighted by molar-refractivity contribution is 0.566.